The van der Waals surface area contributed by atoms with Crippen molar-refractivity contribution in [2.45, 2.75) is 41.0 Å². The summed E-state index contributed by atoms with van der Waals surface area (Å²) in [5, 5.41) is 3.48. The van der Waals surface area contributed by atoms with Gasteiger partial charge in [-0.15, -0.1) is 0 Å². The minimum atomic E-state index is 0. The summed E-state index contributed by atoms with van der Waals surface area (Å²) in [7, 11) is 0. The summed E-state index contributed by atoms with van der Waals surface area (Å²) in [5.41, 5.74) is 0.467. The molecule has 0 rings (SSSR count). The molecule has 0 amide bonds. The maximum Gasteiger partial charge on any atom is 0.000253 e. The summed E-state index contributed by atoms with van der Waals surface area (Å²) < 4.78 is 0. The second-order valence-corrected chi connectivity index (χ2v) is 4.54. The Labute approximate surface area is 73.1 Å². The molecule has 0 aliphatic rings. The standard InChI is InChI=1S/C10H23N.H2/c1-6-10(4,5)8-11-7-9(2)3;/h9,11H,6-8H2,1-5H3;1H. The first-order valence-corrected chi connectivity index (χ1v) is 4.68. The fourth-order valence-corrected chi connectivity index (χ4v) is 0.824. The predicted octanol–water partition coefficient (Wildman–Crippen LogP) is 2.91. The van der Waals surface area contributed by atoms with Crippen LogP contribution >= 0.6 is 0 Å². The monoisotopic (exact) mass is 159 g/mol. The number of hydrogen-bond acceptors (Lipinski definition) is 1. The van der Waals surface area contributed by atoms with Gasteiger partial charge < -0.3 is 5.32 Å². The van der Waals surface area contributed by atoms with E-state index in [2.05, 4.69) is 39.9 Å². The van der Waals surface area contributed by atoms with Crippen LogP contribution in [0, 0.1) is 11.3 Å². The normalized spacial score (nSPS) is 12.5. The van der Waals surface area contributed by atoms with E-state index in [4.69, 9.17) is 0 Å². The van der Waals surface area contributed by atoms with Gasteiger partial charge in [-0.2, -0.15) is 0 Å². The Bertz CT molecular complexity index is 100. The van der Waals surface area contributed by atoms with Crippen molar-refractivity contribution in [2.75, 3.05) is 13.1 Å². The second kappa shape index (κ2) is 4.76. The van der Waals surface area contributed by atoms with Gasteiger partial charge in [-0.3, -0.25) is 0 Å². The molecular formula is C10H25N. The molecule has 0 aliphatic carbocycles. The highest BCUT2D eigenvalue weighted by Crippen LogP contribution is 2.17. The minimum absolute atomic E-state index is 0. The van der Waals surface area contributed by atoms with E-state index in [0.29, 0.717) is 5.41 Å². The molecule has 0 saturated carbocycles. The third kappa shape index (κ3) is 6.36. The van der Waals surface area contributed by atoms with E-state index in [0.717, 1.165) is 19.0 Å². The fraction of sp³-hybridized carbons (Fsp3) is 1.00. The van der Waals surface area contributed by atoms with Gasteiger partial charge in [0, 0.05) is 7.97 Å². The molecule has 70 valence electrons. The Kier molecular flexibility index (Phi) is 4.74. The summed E-state index contributed by atoms with van der Waals surface area (Å²) in [6.45, 7) is 13.6. The van der Waals surface area contributed by atoms with E-state index in [1.807, 2.05) is 0 Å². The molecule has 0 radical (unpaired) electrons. The lowest BCUT2D eigenvalue weighted by atomic mass is 9.90. The van der Waals surface area contributed by atoms with E-state index >= 15 is 0 Å². The summed E-state index contributed by atoms with van der Waals surface area (Å²) >= 11 is 0. The molecule has 0 atom stereocenters. The van der Waals surface area contributed by atoms with E-state index in [1.165, 1.54) is 6.42 Å². The quantitative estimate of drug-likeness (QED) is 0.650. The van der Waals surface area contributed by atoms with Gasteiger partial charge in [-0.05, 0) is 24.3 Å². The lowest BCUT2D eigenvalue weighted by Crippen LogP contribution is -2.31. The molecule has 0 aromatic carbocycles. The average Bonchev–Trinajstić information content (AvgIpc) is 1.87. The third-order valence-corrected chi connectivity index (χ3v) is 2.11. The zero-order valence-electron chi connectivity index (χ0n) is 8.70. The second-order valence-electron chi connectivity index (χ2n) is 4.54. The summed E-state index contributed by atoms with van der Waals surface area (Å²) in [4.78, 5) is 0. The molecule has 1 nitrogen and oxygen atoms in total. The van der Waals surface area contributed by atoms with Crippen molar-refractivity contribution in [3.63, 3.8) is 0 Å². The third-order valence-electron chi connectivity index (χ3n) is 2.11. The molecule has 11 heavy (non-hydrogen) atoms. The molecule has 0 bridgehead atoms. The molecule has 0 fully saturated rings. The Hall–Kier alpha value is -0.0400. The molecule has 1 N–H and O–H groups in total. The smallest absolute Gasteiger partial charge is 0.000253 e. The largest absolute Gasteiger partial charge is 0.316 e. The van der Waals surface area contributed by atoms with Crippen LogP contribution < -0.4 is 5.32 Å². The van der Waals surface area contributed by atoms with Crippen molar-refractivity contribution in [3.8, 4) is 0 Å². The van der Waals surface area contributed by atoms with E-state index < -0.39 is 0 Å². The van der Waals surface area contributed by atoms with Crippen molar-refractivity contribution in [3.05, 3.63) is 0 Å². The maximum absolute atomic E-state index is 3.48. The van der Waals surface area contributed by atoms with Crippen LogP contribution in [0.15, 0.2) is 0 Å². The Morgan fingerprint density at radius 2 is 1.91 bits per heavy atom. The highest BCUT2D eigenvalue weighted by molar-refractivity contribution is 4.69. The van der Waals surface area contributed by atoms with Crippen molar-refractivity contribution in [1.29, 1.82) is 0 Å². The highest BCUT2D eigenvalue weighted by Gasteiger charge is 2.13. The van der Waals surface area contributed by atoms with Gasteiger partial charge in [-0.1, -0.05) is 34.6 Å². The summed E-state index contributed by atoms with van der Waals surface area (Å²) in [6.07, 6.45) is 1.25. The first-order chi connectivity index (χ1) is 4.98. The van der Waals surface area contributed by atoms with Crippen molar-refractivity contribution in [2.24, 2.45) is 11.3 Å². The molecule has 0 heterocycles. The van der Waals surface area contributed by atoms with E-state index in [9.17, 15) is 0 Å². The zero-order valence-corrected chi connectivity index (χ0v) is 8.70. The molecular weight excluding hydrogens is 134 g/mol. The Morgan fingerprint density at radius 1 is 1.36 bits per heavy atom. The van der Waals surface area contributed by atoms with E-state index in [1.54, 1.807) is 0 Å². The number of rotatable bonds is 5. The molecule has 0 aromatic heterocycles. The molecule has 0 unspecified atom stereocenters. The molecule has 1 heteroatoms. The van der Waals surface area contributed by atoms with Crippen LogP contribution in [0.2, 0.25) is 0 Å². The van der Waals surface area contributed by atoms with Gasteiger partial charge in [0.05, 0.1) is 0 Å². The number of hydrogen-bond donors (Lipinski definition) is 1. The topological polar surface area (TPSA) is 12.0 Å². The van der Waals surface area contributed by atoms with Crippen molar-refractivity contribution >= 4 is 0 Å². The van der Waals surface area contributed by atoms with Crippen molar-refractivity contribution in [1.82, 2.24) is 5.32 Å². The summed E-state index contributed by atoms with van der Waals surface area (Å²) in [6, 6.07) is 0. The number of nitrogens with one attached hydrogen (secondary N) is 1. The fourth-order valence-electron chi connectivity index (χ4n) is 0.824. The predicted molar refractivity (Wildman–Crippen MR) is 53.9 cm³/mol. The van der Waals surface area contributed by atoms with Crippen LogP contribution in [-0.2, 0) is 0 Å². The summed E-state index contributed by atoms with van der Waals surface area (Å²) in [5.74, 6) is 0.766. The van der Waals surface area contributed by atoms with Crippen LogP contribution in [0.3, 0.4) is 0 Å². The van der Waals surface area contributed by atoms with Crippen LogP contribution in [0.25, 0.3) is 0 Å². The van der Waals surface area contributed by atoms with Gasteiger partial charge in [0.25, 0.3) is 0 Å². The average molecular weight is 159 g/mol. The molecule has 0 aliphatic heterocycles. The molecule has 0 spiro atoms. The van der Waals surface area contributed by atoms with Gasteiger partial charge in [0.1, 0.15) is 0 Å². The lowest BCUT2D eigenvalue weighted by Gasteiger charge is -2.23. The van der Waals surface area contributed by atoms with Gasteiger partial charge in [0.15, 0.2) is 0 Å². The van der Waals surface area contributed by atoms with E-state index in [-0.39, 0.29) is 1.43 Å². The van der Waals surface area contributed by atoms with Gasteiger partial charge in [-0.25, -0.2) is 0 Å². The minimum Gasteiger partial charge on any atom is -0.316 e. The van der Waals surface area contributed by atoms with Gasteiger partial charge >= 0.3 is 0 Å². The SMILES string of the molecule is CCC(C)(C)CNCC(C)C.[HH]. The highest BCUT2D eigenvalue weighted by atomic mass is 14.9. The Morgan fingerprint density at radius 3 is 2.27 bits per heavy atom. The van der Waals surface area contributed by atoms with Crippen molar-refractivity contribution < 1.29 is 1.43 Å². The van der Waals surface area contributed by atoms with Crippen LogP contribution in [-0.4, -0.2) is 13.1 Å². The first-order valence-electron chi connectivity index (χ1n) is 4.68. The van der Waals surface area contributed by atoms with Crippen LogP contribution in [0.1, 0.15) is 42.5 Å². The maximum atomic E-state index is 3.48. The van der Waals surface area contributed by atoms with Crippen LogP contribution in [0.5, 0.6) is 0 Å². The first kappa shape index (κ1) is 11.0. The molecule has 0 aromatic rings. The lowest BCUT2D eigenvalue weighted by molar-refractivity contribution is 0.321. The Balaban J connectivity index is 0. The van der Waals surface area contributed by atoms with Gasteiger partial charge in [0.2, 0.25) is 0 Å². The molecule has 0 saturated heterocycles. The van der Waals surface area contributed by atoms with Crippen LogP contribution in [0.4, 0.5) is 0 Å². The zero-order chi connectivity index (χ0) is 8.91.